The Kier molecular flexibility index (Phi) is 2.83. The van der Waals surface area contributed by atoms with Crippen LogP contribution in [0.4, 0.5) is 8.78 Å². The van der Waals surface area contributed by atoms with Gasteiger partial charge in [-0.3, -0.25) is 0 Å². The molecule has 1 saturated heterocycles. The molecule has 5 heteroatoms. The number of halogens is 2. The minimum absolute atomic E-state index is 0.190. The first kappa shape index (κ1) is 11.3. The van der Waals surface area contributed by atoms with Gasteiger partial charge in [-0.1, -0.05) is 0 Å². The average Bonchev–Trinajstić information content (AvgIpc) is 3.00. The van der Waals surface area contributed by atoms with Crippen molar-refractivity contribution in [1.82, 2.24) is 15.3 Å². The quantitative estimate of drug-likeness (QED) is 0.859. The molecule has 0 amide bonds. The molecule has 1 atom stereocenters. The summed E-state index contributed by atoms with van der Waals surface area (Å²) in [6, 6.07) is 3.60. The third kappa shape index (κ3) is 2.01. The fourth-order valence-corrected chi connectivity index (χ4v) is 2.27. The lowest BCUT2D eigenvalue weighted by atomic mass is 10.1. The summed E-state index contributed by atoms with van der Waals surface area (Å²) < 4.78 is 26.7. The van der Waals surface area contributed by atoms with Gasteiger partial charge in [-0.05, 0) is 37.6 Å². The molecule has 1 unspecified atom stereocenters. The molecule has 2 heterocycles. The van der Waals surface area contributed by atoms with Crippen molar-refractivity contribution in [2.45, 2.75) is 18.9 Å². The van der Waals surface area contributed by atoms with Crippen molar-refractivity contribution in [3.8, 4) is 11.3 Å². The summed E-state index contributed by atoms with van der Waals surface area (Å²) >= 11 is 0. The second-order valence-electron chi connectivity index (χ2n) is 4.46. The van der Waals surface area contributed by atoms with Crippen LogP contribution in [0.15, 0.2) is 24.4 Å². The molecule has 1 aliphatic rings. The Morgan fingerprint density at radius 3 is 2.94 bits per heavy atom. The third-order valence-electron chi connectivity index (χ3n) is 3.20. The van der Waals surface area contributed by atoms with E-state index in [-0.39, 0.29) is 11.6 Å². The van der Waals surface area contributed by atoms with Crippen LogP contribution in [0.2, 0.25) is 0 Å². The molecule has 0 saturated carbocycles. The van der Waals surface area contributed by atoms with Crippen molar-refractivity contribution in [3.05, 3.63) is 41.9 Å². The van der Waals surface area contributed by atoms with Crippen LogP contribution < -0.4 is 5.32 Å². The van der Waals surface area contributed by atoms with E-state index in [4.69, 9.17) is 0 Å². The van der Waals surface area contributed by atoms with E-state index in [2.05, 4.69) is 15.3 Å². The molecular weight excluding hydrogens is 236 g/mol. The maximum atomic E-state index is 13.6. The predicted octanol–water partition coefficient (Wildman–Crippen LogP) is 2.78. The fraction of sp³-hybridized carbons (Fsp3) is 0.308. The Morgan fingerprint density at radius 1 is 1.28 bits per heavy atom. The maximum absolute atomic E-state index is 13.6. The molecule has 2 N–H and O–H groups in total. The van der Waals surface area contributed by atoms with E-state index in [1.54, 1.807) is 6.20 Å². The Morgan fingerprint density at radius 2 is 2.17 bits per heavy atom. The highest BCUT2D eigenvalue weighted by Crippen LogP contribution is 2.26. The molecule has 1 aliphatic heterocycles. The molecule has 1 aromatic heterocycles. The van der Waals surface area contributed by atoms with Crippen molar-refractivity contribution >= 4 is 0 Å². The zero-order valence-electron chi connectivity index (χ0n) is 9.71. The molecule has 0 bridgehead atoms. The number of H-pyrrole nitrogens is 1. The summed E-state index contributed by atoms with van der Waals surface area (Å²) in [5, 5.41) is 3.30. The van der Waals surface area contributed by atoms with Gasteiger partial charge in [-0.15, -0.1) is 0 Å². The van der Waals surface area contributed by atoms with Gasteiger partial charge in [0.2, 0.25) is 0 Å². The number of rotatable bonds is 2. The van der Waals surface area contributed by atoms with Gasteiger partial charge in [0, 0.05) is 5.56 Å². The van der Waals surface area contributed by atoms with Crippen LogP contribution in [-0.4, -0.2) is 16.5 Å². The molecule has 2 aromatic rings. The van der Waals surface area contributed by atoms with E-state index in [0.717, 1.165) is 37.3 Å². The van der Waals surface area contributed by atoms with Gasteiger partial charge >= 0.3 is 0 Å². The molecule has 0 radical (unpaired) electrons. The first-order chi connectivity index (χ1) is 8.74. The van der Waals surface area contributed by atoms with Crippen molar-refractivity contribution in [2.75, 3.05) is 6.54 Å². The van der Waals surface area contributed by atoms with Crippen molar-refractivity contribution in [3.63, 3.8) is 0 Å². The number of aromatic nitrogens is 2. The smallest absolute Gasteiger partial charge is 0.132 e. The van der Waals surface area contributed by atoms with Crippen LogP contribution in [0.5, 0.6) is 0 Å². The van der Waals surface area contributed by atoms with Crippen molar-refractivity contribution < 1.29 is 8.78 Å². The second kappa shape index (κ2) is 4.49. The lowest BCUT2D eigenvalue weighted by Crippen LogP contribution is -2.14. The summed E-state index contributed by atoms with van der Waals surface area (Å²) in [6.07, 6.45) is 3.67. The highest BCUT2D eigenvalue weighted by atomic mass is 19.1. The Labute approximate surface area is 103 Å². The Balaban J connectivity index is 1.94. The van der Waals surface area contributed by atoms with E-state index < -0.39 is 11.6 Å². The van der Waals surface area contributed by atoms with Crippen molar-refractivity contribution in [2.24, 2.45) is 0 Å². The molecule has 1 fully saturated rings. The standard InChI is InChI=1S/C13H13F2N3/c14-8-3-4-10(15)9(6-8)12-7-17-13(18-12)11-2-1-5-16-11/h3-4,6-7,11,16H,1-2,5H2,(H,17,18). The number of hydrogen-bond acceptors (Lipinski definition) is 2. The number of imidazole rings is 1. The van der Waals surface area contributed by atoms with Gasteiger partial charge in [-0.25, -0.2) is 13.8 Å². The number of aromatic amines is 1. The van der Waals surface area contributed by atoms with Crippen molar-refractivity contribution in [1.29, 1.82) is 0 Å². The molecule has 18 heavy (non-hydrogen) atoms. The second-order valence-corrected chi connectivity index (χ2v) is 4.46. The summed E-state index contributed by atoms with van der Waals surface area (Å²) in [7, 11) is 0. The minimum Gasteiger partial charge on any atom is -0.341 e. The van der Waals surface area contributed by atoms with Crippen LogP contribution in [0, 0.1) is 11.6 Å². The number of benzene rings is 1. The highest BCUT2D eigenvalue weighted by molar-refractivity contribution is 5.59. The SMILES string of the molecule is Fc1ccc(F)c(-c2cnc(C3CCCN3)[nH]2)c1. The van der Waals surface area contributed by atoms with E-state index in [9.17, 15) is 8.78 Å². The Bertz CT molecular complexity index is 559. The molecular formula is C13H13F2N3. The normalized spacial score (nSPS) is 19.3. The molecule has 0 aliphatic carbocycles. The van der Waals surface area contributed by atoms with Gasteiger partial charge in [-0.2, -0.15) is 0 Å². The summed E-state index contributed by atoms with van der Waals surface area (Å²) in [5.74, 6) is -0.126. The largest absolute Gasteiger partial charge is 0.341 e. The van der Waals surface area contributed by atoms with E-state index in [1.165, 1.54) is 6.07 Å². The van der Waals surface area contributed by atoms with Gasteiger partial charge in [0.05, 0.1) is 17.9 Å². The highest BCUT2D eigenvalue weighted by Gasteiger charge is 2.19. The zero-order chi connectivity index (χ0) is 12.5. The van der Waals surface area contributed by atoms with Crippen LogP contribution in [0.25, 0.3) is 11.3 Å². The molecule has 3 rings (SSSR count). The van der Waals surface area contributed by atoms with Gasteiger partial charge < -0.3 is 10.3 Å². The molecule has 0 spiro atoms. The third-order valence-corrected chi connectivity index (χ3v) is 3.20. The Hall–Kier alpha value is -1.75. The van der Waals surface area contributed by atoms with Gasteiger partial charge in [0.15, 0.2) is 0 Å². The van der Waals surface area contributed by atoms with Crippen LogP contribution in [0.3, 0.4) is 0 Å². The maximum Gasteiger partial charge on any atom is 0.132 e. The monoisotopic (exact) mass is 249 g/mol. The van der Waals surface area contributed by atoms with Gasteiger partial charge in [0.1, 0.15) is 17.5 Å². The van der Waals surface area contributed by atoms with Crippen LogP contribution in [-0.2, 0) is 0 Å². The minimum atomic E-state index is -0.457. The van der Waals surface area contributed by atoms with Crippen LogP contribution >= 0.6 is 0 Å². The van der Waals surface area contributed by atoms with Gasteiger partial charge in [0.25, 0.3) is 0 Å². The summed E-state index contributed by atoms with van der Waals surface area (Å²) in [6.45, 7) is 0.967. The lowest BCUT2D eigenvalue weighted by molar-refractivity contribution is 0.601. The first-order valence-electron chi connectivity index (χ1n) is 5.98. The molecule has 3 nitrogen and oxygen atoms in total. The summed E-state index contributed by atoms with van der Waals surface area (Å²) in [4.78, 5) is 7.30. The molecule has 1 aromatic carbocycles. The average molecular weight is 249 g/mol. The first-order valence-corrected chi connectivity index (χ1v) is 5.98. The van der Waals surface area contributed by atoms with E-state index in [1.807, 2.05) is 0 Å². The van der Waals surface area contributed by atoms with E-state index >= 15 is 0 Å². The van der Waals surface area contributed by atoms with E-state index in [0.29, 0.717) is 5.69 Å². The number of hydrogen-bond donors (Lipinski definition) is 2. The number of nitrogens with zero attached hydrogens (tertiary/aromatic N) is 1. The zero-order valence-corrected chi connectivity index (χ0v) is 9.71. The fourth-order valence-electron chi connectivity index (χ4n) is 2.27. The molecule has 94 valence electrons. The van der Waals surface area contributed by atoms with Crippen LogP contribution in [0.1, 0.15) is 24.7 Å². The topological polar surface area (TPSA) is 40.7 Å². The predicted molar refractivity (Wildman–Crippen MR) is 63.9 cm³/mol. The number of nitrogens with one attached hydrogen (secondary N) is 2. The summed E-state index contributed by atoms with van der Waals surface area (Å²) in [5.41, 5.74) is 0.724. The lowest BCUT2D eigenvalue weighted by Gasteiger charge is -2.05.